The van der Waals surface area contributed by atoms with Crippen molar-refractivity contribution in [3.63, 3.8) is 0 Å². The van der Waals surface area contributed by atoms with Gasteiger partial charge in [-0.1, -0.05) is 11.8 Å². The van der Waals surface area contributed by atoms with E-state index in [1.54, 1.807) is 6.07 Å². The SMILES string of the molecule is CSc1ccc(C(=O)NCCCN2CCNCC2)o1.Cl. The Bertz CT molecular complexity index is 408. The summed E-state index contributed by atoms with van der Waals surface area (Å²) in [5.74, 6) is 0.270. The number of carbonyl (C=O) groups excluding carboxylic acids is 1. The van der Waals surface area contributed by atoms with Crippen molar-refractivity contribution in [1.82, 2.24) is 15.5 Å². The molecule has 0 unspecified atom stereocenters. The highest BCUT2D eigenvalue weighted by atomic mass is 35.5. The zero-order chi connectivity index (χ0) is 13.5. The van der Waals surface area contributed by atoms with Crippen molar-refractivity contribution in [2.45, 2.75) is 11.5 Å². The molecule has 114 valence electrons. The summed E-state index contributed by atoms with van der Waals surface area (Å²) < 4.78 is 5.37. The Kier molecular flexibility index (Phi) is 8.06. The van der Waals surface area contributed by atoms with Gasteiger partial charge >= 0.3 is 0 Å². The summed E-state index contributed by atoms with van der Waals surface area (Å²) in [6.45, 7) is 6.06. The van der Waals surface area contributed by atoms with Crippen LogP contribution in [-0.2, 0) is 0 Å². The zero-order valence-corrected chi connectivity index (χ0v) is 13.3. The molecule has 7 heteroatoms. The number of rotatable bonds is 6. The fraction of sp³-hybridized carbons (Fsp3) is 0.615. The number of nitrogens with one attached hydrogen (secondary N) is 2. The summed E-state index contributed by atoms with van der Waals surface area (Å²) in [4.78, 5) is 14.2. The fourth-order valence-corrected chi connectivity index (χ4v) is 2.46. The predicted octanol–water partition coefficient (Wildman–Crippen LogP) is 1.45. The van der Waals surface area contributed by atoms with Crippen LogP contribution < -0.4 is 10.6 Å². The van der Waals surface area contributed by atoms with Gasteiger partial charge in [-0.3, -0.25) is 4.79 Å². The van der Waals surface area contributed by atoms with Crippen molar-refractivity contribution in [2.75, 3.05) is 45.5 Å². The number of piperazine rings is 1. The Morgan fingerprint density at radius 3 is 2.85 bits per heavy atom. The molecule has 0 saturated carbocycles. The van der Waals surface area contributed by atoms with E-state index in [9.17, 15) is 4.79 Å². The van der Waals surface area contributed by atoms with E-state index in [1.165, 1.54) is 11.8 Å². The van der Waals surface area contributed by atoms with E-state index in [4.69, 9.17) is 4.42 Å². The first-order valence-electron chi connectivity index (χ1n) is 6.64. The van der Waals surface area contributed by atoms with Crippen LogP contribution in [0, 0.1) is 0 Å². The van der Waals surface area contributed by atoms with Crippen LogP contribution in [0.4, 0.5) is 0 Å². The zero-order valence-electron chi connectivity index (χ0n) is 11.7. The van der Waals surface area contributed by atoms with E-state index in [0.29, 0.717) is 12.3 Å². The average Bonchev–Trinajstić information content (AvgIpc) is 2.93. The van der Waals surface area contributed by atoms with Crippen LogP contribution in [0.1, 0.15) is 17.0 Å². The summed E-state index contributed by atoms with van der Waals surface area (Å²) in [5, 5.41) is 6.99. The fourth-order valence-electron chi connectivity index (χ4n) is 2.08. The minimum atomic E-state index is -0.124. The van der Waals surface area contributed by atoms with Crippen molar-refractivity contribution in [3.05, 3.63) is 17.9 Å². The molecule has 1 aliphatic rings. The van der Waals surface area contributed by atoms with Gasteiger partial charge in [0.1, 0.15) is 0 Å². The monoisotopic (exact) mass is 319 g/mol. The quantitative estimate of drug-likeness (QED) is 0.614. The van der Waals surface area contributed by atoms with E-state index in [2.05, 4.69) is 15.5 Å². The molecular weight excluding hydrogens is 298 g/mol. The van der Waals surface area contributed by atoms with Crippen LogP contribution in [-0.4, -0.2) is 56.3 Å². The lowest BCUT2D eigenvalue weighted by Gasteiger charge is -2.26. The van der Waals surface area contributed by atoms with Crippen LogP contribution in [0.15, 0.2) is 21.6 Å². The number of hydrogen-bond acceptors (Lipinski definition) is 5. The van der Waals surface area contributed by atoms with E-state index >= 15 is 0 Å². The van der Waals surface area contributed by atoms with Gasteiger partial charge in [0.15, 0.2) is 10.9 Å². The normalized spacial score (nSPS) is 15.7. The number of thioether (sulfide) groups is 1. The average molecular weight is 320 g/mol. The molecule has 2 N–H and O–H groups in total. The lowest BCUT2D eigenvalue weighted by Crippen LogP contribution is -2.44. The molecule has 0 aromatic carbocycles. The minimum Gasteiger partial charge on any atom is -0.445 e. The number of amides is 1. The third kappa shape index (κ3) is 5.36. The molecule has 1 saturated heterocycles. The van der Waals surface area contributed by atoms with Crippen molar-refractivity contribution < 1.29 is 9.21 Å². The Balaban J connectivity index is 0.00000200. The minimum absolute atomic E-state index is 0. The van der Waals surface area contributed by atoms with Gasteiger partial charge in [-0.15, -0.1) is 12.4 Å². The first-order valence-corrected chi connectivity index (χ1v) is 7.87. The van der Waals surface area contributed by atoms with Gasteiger partial charge in [-0.2, -0.15) is 0 Å². The second-order valence-corrected chi connectivity index (χ2v) is 5.33. The Morgan fingerprint density at radius 1 is 1.45 bits per heavy atom. The summed E-state index contributed by atoms with van der Waals surface area (Å²) >= 11 is 1.49. The molecule has 2 rings (SSSR count). The molecule has 0 atom stereocenters. The number of furan rings is 1. The molecule has 20 heavy (non-hydrogen) atoms. The maximum Gasteiger partial charge on any atom is 0.287 e. The van der Waals surface area contributed by atoms with Gasteiger partial charge < -0.3 is 20.0 Å². The van der Waals surface area contributed by atoms with Crippen molar-refractivity contribution >= 4 is 30.1 Å². The molecule has 0 aliphatic carbocycles. The van der Waals surface area contributed by atoms with E-state index in [0.717, 1.165) is 44.2 Å². The first kappa shape index (κ1) is 17.4. The smallest absolute Gasteiger partial charge is 0.287 e. The molecule has 1 fully saturated rings. The van der Waals surface area contributed by atoms with Gasteiger partial charge in [0.2, 0.25) is 0 Å². The number of halogens is 1. The number of nitrogens with zero attached hydrogens (tertiary/aromatic N) is 1. The summed E-state index contributed by atoms with van der Waals surface area (Å²) in [7, 11) is 0. The standard InChI is InChI=1S/C13H21N3O2S.ClH/c1-19-12-4-3-11(18-12)13(17)15-5-2-8-16-9-6-14-7-10-16;/h3-4,14H,2,5-10H2,1H3,(H,15,17);1H. The molecule has 1 amide bonds. The molecule has 1 aromatic heterocycles. The Hall–Kier alpha value is -0.690. The second-order valence-electron chi connectivity index (χ2n) is 4.52. The van der Waals surface area contributed by atoms with Gasteiger partial charge in [0.05, 0.1) is 0 Å². The molecule has 0 spiro atoms. The maximum absolute atomic E-state index is 11.8. The van der Waals surface area contributed by atoms with Crippen molar-refractivity contribution in [3.8, 4) is 0 Å². The highest BCUT2D eigenvalue weighted by molar-refractivity contribution is 7.98. The number of carbonyl (C=O) groups is 1. The molecule has 5 nitrogen and oxygen atoms in total. The van der Waals surface area contributed by atoms with Crippen LogP contribution in [0.2, 0.25) is 0 Å². The lowest BCUT2D eigenvalue weighted by atomic mass is 10.3. The molecule has 0 radical (unpaired) electrons. The molecule has 0 bridgehead atoms. The maximum atomic E-state index is 11.8. The summed E-state index contributed by atoms with van der Waals surface area (Å²) in [6, 6.07) is 3.54. The van der Waals surface area contributed by atoms with Crippen LogP contribution in [0.5, 0.6) is 0 Å². The van der Waals surface area contributed by atoms with Gasteiger partial charge in [0.25, 0.3) is 5.91 Å². The van der Waals surface area contributed by atoms with E-state index in [-0.39, 0.29) is 18.3 Å². The molecule has 1 aromatic rings. The third-order valence-electron chi connectivity index (χ3n) is 3.15. The van der Waals surface area contributed by atoms with E-state index in [1.807, 2.05) is 12.3 Å². The van der Waals surface area contributed by atoms with Gasteiger partial charge in [-0.05, 0) is 31.4 Å². The van der Waals surface area contributed by atoms with Crippen LogP contribution >= 0.6 is 24.2 Å². The highest BCUT2D eigenvalue weighted by Crippen LogP contribution is 2.17. The van der Waals surface area contributed by atoms with Crippen molar-refractivity contribution in [2.24, 2.45) is 0 Å². The predicted molar refractivity (Wildman–Crippen MR) is 84.0 cm³/mol. The van der Waals surface area contributed by atoms with Crippen LogP contribution in [0.25, 0.3) is 0 Å². The van der Waals surface area contributed by atoms with Crippen LogP contribution in [0.3, 0.4) is 0 Å². The van der Waals surface area contributed by atoms with Crippen molar-refractivity contribution in [1.29, 1.82) is 0 Å². The highest BCUT2D eigenvalue weighted by Gasteiger charge is 2.11. The van der Waals surface area contributed by atoms with E-state index < -0.39 is 0 Å². The van der Waals surface area contributed by atoms with Gasteiger partial charge in [-0.25, -0.2) is 0 Å². The molecule has 2 heterocycles. The summed E-state index contributed by atoms with van der Waals surface area (Å²) in [6.07, 6.45) is 2.90. The Labute approximate surface area is 130 Å². The topological polar surface area (TPSA) is 57.5 Å². The molecule has 1 aliphatic heterocycles. The Morgan fingerprint density at radius 2 is 2.20 bits per heavy atom. The molecular formula is C13H22ClN3O2S. The first-order chi connectivity index (χ1) is 9.29. The summed E-state index contributed by atoms with van der Waals surface area (Å²) in [5.41, 5.74) is 0. The number of hydrogen-bond donors (Lipinski definition) is 2. The lowest BCUT2D eigenvalue weighted by molar-refractivity contribution is 0.0918. The second kappa shape index (κ2) is 9.28. The third-order valence-corrected chi connectivity index (χ3v) is 3.77. The van der Waals surface area contributed by atoms with Gasteiger partial charge in [0, 0.05) is 32.7 Å². The largest absolute Gasteiger partial charge is 0.445 e.